The number of rotatable bonds is 4. The van der Waals surface area contributed by atoms with E-state index in [1.165, 1.54) is 0 Å². The molecule has 0 aliphatic heterocycles. The molecule has 0 saturated heterocycles. The summed E-state index contributed by atoms with van der Waals surface area (Å²) >= 11 is 0. The number of carbonyl (C=O) groups excluding carboxylic acids is 1. The SMILES string of the molecule is C=C(C)c1n[nH]c2ccc(-c3ccc(C(C)(C)NC(=O)OC(C)(C)C)cc3)cc12. The molecule has 0 fully saturated rings. The number of amides is 1. The number of carbonyl (C=O) groups is 1. The van der Waals surface area contributed by atoms with Gasteiger partial charge in [-0.05, 0) is 75.9 Å². The Hall–Kier alpha value is -3.08. The van der Waals surface area contributed by atoms with Crippen LogP contribution < -0.4 is 5.32 Å². The zero-order chi connectivity index (χ0) is 21.4. The number of nitrogens with zero attached hydrogens (tertiary/aromatic N) is 1. The lowest BCUT2D eigenvalue weighted by molar-refractivity contribution is 0.0470. The van der Waals surface area contributed by atoms with Gasteiger partial charge in [0.15, 0.2) is 0 Å². The smallest absolute Gasteiger partial charge is 0.408 e. The van der Waals surface area contributed by atoms with Crippen molar-refractivity contribution in [1.29, 1.82) is 0 Å². The molecule has 0 bridgehead atoms. The van der Waals surface area contributed by atoms with Crippen molar-refractivity contribution < 1.29 is 9.53 Å². The van der Waals surface area contributed by atoms with Gasteiger partial charge in [-0.1, -0.05) is 36.9 Å². The topological polar surface area (TPSA) is 67.0 Å². The highest BCUT2D eigenvalue weighted by Gasteiger charge is 2.26. The molecule has 1 heterocycles. The Kier molecular flexibility index (Phi) is 5.26. The first-order valence-electron chi connectivity index (χ1n) is 9.72. The van der Waals surface area contributed by atoms with Crippen LogP contribution in [-0.4, -0.2) is 21.9 Å². The molecule has 1 amide bonds. The Bertz CT molecular complexity index is 1050. The number of benzene rings is 2. The van der Waals surface area contributed by atoms with E-state index in [1.807, 2.05) is 59.7 Å². The summed E-state index contributed by atoms with van der Waals surface area (Å²) in [6.45, 7) is 15.4. The molecular weight excluding hydrogens is 362 g/mol. The molecule has 0 radical (unpaired) electrons. The van der Waals surface area contributed by atoms with Crippen molar-refractivity contribution in [2.45, 2.75) is 52.7 Å². The standard InChI is InChI=1S/C24H29N3O2/c1-15(2)21-19-14-17(10-13-20(19)26-27-21)16-8-11-18(12-9-16)24(6,7)25-22(28)29-23(3,4)5/h8-14H,1H2,2-7H3,(H,25,28)(H,26,27). The van der Waals surface area contributed by atoms with Crippen molar-refractivity contribution in [3.05, 3.63) is 60.3 Å². The third-order valence-corrected chi connectivity index (χ3v) is 4.72. The largest absolute Gasteiger partial charge is 0.444 e. The van der Waals surface area contributed by atoms with E-state index in [2.05, 4.69) is 46.4 Å². The van der Waals surface area contributed by atoms with Gasteiger partial charge in [0.25, 0.3) is 0 Å². The first kappa shape index (κ1) is 20.6. The molecule has 0 atom stereocenters. The minimum absolute atomic E-state index is 0.427. The van der Waals surface area contributed by atoms with E-state index in [0.29, 0.717) is 0 Å². The van der Waals surface area contributed by atoms with Gasteiger partial charge in [-0.3, -0.25) is 5.10 Å². The molecule has 3 rings (SSSR count). The first-order chi connectivity index (χ1) is 13.5. The van der Waals surface area contributed by atoms with Crippen LogP contribution >= 0.6 is 0 Å². The molecule has 0 saturated carbocycles. The highest BCUT2D eigenvalue weighted by molar-refractivity contribution is 5.92. The van der Waals surface area contributed by atoms with Gasteiger partial charge in [0, 0.05) is 5.39 Å². The second kappa shape index (κ2) is 7.39. The summed E-state index contributed by atoms with van der Waals surface area (Å²) in [5.74, 6) is 0. The summed E-state index contributed by atoms with van der Waals surface area (Å²) in [6, 6.07) is 14.4. The van der Waals surface area contributed by atoms with Gasteiger partial charge in [0.1, 0.15) is 5.60 Å². The molecule has 0 aliphatic carbocycles. The number of nitrogens with one attached hydrogen (secondary N) is 2. The summed E-state index contributed by atoms with van der Waals surface area (Å²) in [7, 11) is 0. The zero-order valence-corrected chi connectivity index (χ0v) is 18.0. The van der Waals surface area contributed by atoms with Crippen molar-refractivity contribution in [3.8, 4) is 11.1 Å². The fourth-order valence-electron chi connectivity index (χ4n) is 3.23. The minimum Gasteiger partial charge on any atom is -0.444 e. The van der Waals surface area contributed by atoms with Crippen molar-refractivity contribution in [2.24, 2.45) is 0 Å². The molecule has 5 heteroatoms. The van der Waals surface area contributed by atoms with E-state index in [9.17, 15) is 4.79 Å². The van der Waals surface area contributed by atoms with Crippen LogP contribution in [0.5, 0.6) is 0 Å². The van der Waals surface area contributed by atoms with Crippen LogP contribution in [-0.2, 0) is 10.3 Å². The number of alkyl carbamates (subject to hydrolysis) is 1. The summed E-state index contributed by atoms with van der Waals surface area (Å²) in [5.41, 5.74) is 4.93. The van der Waals surface area contributed by atoms with E-state index in [0.717, 1.165) is 38.9 Å². The van der Waals surface area contributed by atoms with Crippen LogP contribution in [0, 0.1) is 0 Å². The van der Waals surface area contributed by atoms with E-state index in [4.69, 9.17) is 4.74 Å². The van der Waals surface area contributed by atoms with E-state index >= 15 is 0 Å². The number of H-pyrrole nitrogens is 1. The summed E-state index contributed by atoms with van der Waals surface area (Å²) in [5, 5.41) is 11.4. The maximum Gasteiger partial charge on any atom is 0.408 e. The number of aromatic nitrogens is 2. The van der Waals surface area contributed by atoms with Crippen LogP contribution in [0.2, 0.25) is 0 Å². The van der Waals surface area contributed by atoms with Crippen LogP contribution in [0.1, 0.15) is 52.8 Å². The normalized spacial score (nSPS) is 12.1. The van der Waals surface area contributed by atoms with Gasteiger partial charge in [-0.15, -0.1) is 0 Å². The molecular formula is C24H29N3O2. The van der Waals surface area contributed by atoms with Crippen molar-refractivity contribution >= 4 is 22.6 Å². The lowest BCUT2D eigenvalue weighted by Crippen LogP contribution is -2.43. The number of aromatic amines is 1. The molecule has 0 aliphatic rings. The number of hydrogen-bond acceptors (Lipinski definition) is 3. The molecule has 152 valence electrons. The average Bonchev–Trinajstić information content (AvgIpc) is 3.03. The molecule has 29 heavy (non-hydrogen) atoms. The Morgan fingerprint density at radius 3 is 2.24 bits per heavy atom. The fraction of sp³-hybridized carbons (Fsp3) is 0.333. The number of hydrogen-bond donors (Lipinski definition) is 2. The van der Waals surface area contributed by atoms with Gasteiger partial charge >= 0.3 is 6.09 Å². The summed E-state index contributed by atoms with van der Waals surface area (Å²) in [4.78, 5) is 12.2. The second-order valence-electron chi connectivity index (χ2n) is 8.94. The van der Waals surface area contributed by atoms with Crippen LogP contribution in [0.15, 0.2) is 49.0 Å². The summed E-state index contributed by atoms with van der Waals surface area (Å²) in [6.07, 6.45) is -0.427. The van der Waals surface area contributed by atoms with Crippen molar-refractivity contribution in [1.82, 2.24) is 15.5 Å². The fourth-order valence-corrected chi connectivity index (χ4v) is 3.23. The first-order valence-corrected chi connectivity index (χ1v) is 9.72. The van der Waals surface area contributed by atoms with Crippen molar-refractivity contribution in [3.63, 3.8) is 0 Å². The maximum absolute atomic E-state index is 12.2. The second-order valence-corrected chi connectivity index (χ2v) is 8.94. The van der Waals surface area contributed by atoms with Crippen molar-refractivity contribution in [2.75, 3.05) is 0 Å². The lowest BCUT2D eigenvalue weighted by atomic mass is 9.92. The molecule has 2 N–H and O–H groups in total. The maximum atomic E-state index is 12.2. The zero-order valence-electron chi connectivity index (χ0n) is 18.0. The molecule has 2 aromatic carbocycles. The monoisotopic (exact) mass is 391 g/mol. The van der Waals surface area contributed by atoms with Gasteiger partial charge in [0.2, 0.25) is 0 Å². The Labute approximate surface area is 172 Å². The molecule has 0 spiro atoms. The minimum atomic E-state index is -0.553. The van der Waals surface area contributed by atoms with E-state index in [-0.39, 0.29) is 0 Å². The highest BCUT2D eigenvalue weighted by atomic mass is 16.6. The highest BCUT2D eigenvalue weighted by Crippen LogP contribution is 2.29. The predicted octanol–water partition coefficient (Wildman–Crippen LogP) is 6.02. The van der Waals surface area contributed by atoms with Gasteiger partial charge in [0.05, 0.1) is 16.7 Å². The third-order valence-electron chi connectivity index (χ3n) is 4.72. The Morgan fingerprint density at radius 1 is 1.03 bits per heavy atom. The molecule has 1 aromatic heterocycles. The third kappa shape index (κ3) is 4.67. The number of fused-ring (bicyclic) bond motifs is 1. The van der Waals surface area contributed by atoms with Crippen LogP contribution in [0.25, 0.3) is 27.6 Å². The molecule has 5 nitrogen and oxygen atoms in total. The predicted molar refractivity (Wildman–Crippen MR) is 119 cm³/mol. The van der Waals surface area contributed by atoms with Crippen LogP contribution in [0.3, 0.4) is 0 Å². The van der Waals surface area contributed by atoms with Gasteiger partial charge in [-0.2, -0.15) is 5.10 Å². The number of allylic oxidation sites excluding steroid dienone is 1. The van der Waals surface area contributed by atoms with Gasteiger partial charge < -0.3 is 10.1 Å². The Balaban J connectivity index is 1.84. The molecule has 0 unspecified atom stereocenters. The Morgan fingerprint density at radius 2 is 1.66 bits per heavy atom. The lowest BCUT2D eigenvalue weighted by Gasteiger charge is -2.29. The van der Waals surface area contributed by atoms with Gasteiger partial charge in [-0.25, -0.2) is 4.79 Å². The molecule has 3 aromatic rings. The van der Waals surface area contributed by atoms with Crippen LogP contribution in [0.4, 0.5) is 4.79 Å². The quantitative estimate of drug-likeness (QED) is 0.571. The number of ether oxygens (including phenoxy) is 1. The van der Waals surface area contributed by atoms with E-state index in [1.54, 1.807) is 0 Å². The average molecular weight is 392 g/mol. The van der Waals surface area contributed by atoms with E-state index < -0.39 is 17.2 Å². The summed E-state index contributed by atoms with van der Waals surface area (Å²) < 4.78 is 5.39.